The summed E-state index contributed by atoms with van der Waals surface area (Å²) in [5, 5.41) is 11.1. The Hall–Kier alpha value is -2.42. The van der Waals surface area contributed by atoms with E-state index in [4.69, 9.17) is 11.0 Å². The van der Waals surface area contributed by atoms with Gasteiger partial charge in [-0.05, 0) is 37.6 Å². The van der Waals surface area contributed by atoms with E-state index >= 15 is 0 Å². The number of carbonyl (C=O) groups is 2. The van der Waals surface area contributed by atoms with Gasteiger partial charge in [-0.25, -0.2) is 4.39 Å². The van der Waals surface area contributed by atoms with Crippen molar-refractivity contribution in [3.63, 3.8) is 0 Å². The molecule has 6 heteroatoms. The first-order valence-electron chi connectivity index (χ1n) is 5.69. The van der Waals surface area contributed by atoms with Gasteiger partial charge in [-0.3, -0.25) is 9.59 Å². The Labute approximate surface area is 110 Å². The van der Waals surface area contributed by atoms with Crippen molar-refractivity contribution in [2.75, 3.05) is 0 Å². The molecule has 0 spiro atoms. The smallest absolute Gasteiger partial charge is 0.251 e. The Kier molecular flexibility index (Phi) is 5.01. The highest BCUT2D eigenvalue weighted by Crippen LogP contribution is 2.07. The van der Waals surface area contributed by atoms with Gasteiger partial charge in [0.25, 0.3) is 5.91 Å². The van der Waals surface area contributed by atoms with Crippen LogP contribution in [0.3, 0.4) is 0 Å². The summed E-state index contributed by atoms with van der Waals surface area (Å²) in [5.41, 5.74) is 5.39. The van der Waals surface area contributed by atoms with E-state index in [1.807, 2.05) is 6.07 Å². The average Bonchev–Trinajstić information content (AvgIpc) is 2.38. The molecule has 1 aromatic carbocycles. The average molecular weight is 263 g/mol. The van der Waals surface area contributed by atoms with E-state index in [0.29, 0.717) is 0 Å². The monoisotopic (exact) mass is 263 g/mol. The molecular weight excluding hydrogens is 249 g/mol. The maximum Gasteiger partial charge on any atom is 0.251 e. The predicted octanol–water partition coefficient (Wildman–Crippen LogP) is 0.959. The number of nitrogens with zero attached hydrogens (tertiary/aromatic N) is 1. The Morgan fingerprint density at radius 1 is 1.42 bits per heavy atom. The standard InChI is InChI=1S/C13H14FN3O2/c1-8(7-15)6-11(12(16)18)17-13(19)9-2-4-10(14)5-3-9/h2-5,8,11H,6H2,1H3,(H2,16,18)(H,17,19)/t8-,11-/m1/s1. The number of hydrogen-bond donors (Lipinski definition) is 2. The van der Waals surface area contributed by atoms with E-state index in [-0.39, 0.29) is 12.0 Å². The van der Waals surface area contributed by atoms with Crippen LogP contribution in [0.15, 0.2) is 24.3 Å². The minimum atomic E-state index is -0.924. The van der Waals surface area contributed by atoms with Crippen LogP contribution < -0.4 is 11.1 Å². The molecule has 0 aliphatic heterocycles. The molecule has 0 aliphatic carbocycles. The lowest BCUT2D eigenvalue weighted by molar-refractivity contribution is -0.120. The highest BCUT2D eigenvalue weighted by molar-refractivity contribution is 5.97. The van der Waals surface area contributed by atoms with Crippen LogP contribution in [0.4, 0.5) is 4.39 Å². The molecule has 0 fully saturated rings. The van der Waals surface area contributed by atoms with Gasteiger partial charge >= 0.3 is 0 Å². The molecule has 19 heavy (non-hydrogen) atoms. The summed E-state index contributed by atoms with van der Waals surface area (Å²) >= 11 is 0. The first kappa shape index (κ1) is 14.6. The fraction of sp³-hybridized carbons (Fsp3) is 0.308. The number of rotatable bonds is 5. The highest BCUT2D eigenvalue weighted by Gasteiger charge is 2.21. The minimum Gasteiger partial charge on any atom is -0.368 e. The Morgan fingerprint density at radius 2 is 2.00 bits per heavy atom. The normalized spacial score (nSPS) is 13.1. The lowest BCUT2D eigenvalue weighted by Crippen LogP contribution is -2.45. The van der Waals surface area contributed by atoms with E-state index in [2.05, 4.69) is 5.32 Å². The zero-order chi connectivity index (χ0) is 14.4. The fourth-order valence-electron chi connectivity index (χ4n) is 1.50. The van der Waals surface area contributed by atoms with Crippen LogP contribution in [0.1, 0.15) is 23.7 Å². The van der Waals surface area contributed by atoms with Crippen LogP contribution >= 0.6 is 0 Å². The second kappa shape index (κ2) is 6.50. The third-order valence-corrected chi connectivity index (χ3v) is 2.56. The molecule has 0 aliphatic rings. The van der Waals surface area contributed by atoms with Crippen LogP contribution in [0.5, 0.6) is 0 Å². The molecule has 0 bridgehead atoms. The molecule has 1 aromatic rings. The maximum atomic E-state index is 12.7. The number of nitriles is 1. The predicted molar refractivity (Wildman–Crippen MR) is 66.2 cm³/mol. The van der Waals surface area contributed by atoms with Crippen molar-refractivity contribution in [3.05, 3.63) is 35.6 Å². The molecule has 1 rings (SSSR count). The van der Waals surface area contributed by atoms with Gasteiger partial charge < -0.3 is 11.1 Å². The summed E-state index contributed by atoms with van der Waals surface area (Å²) in [4.78, 5) is 23.0. The Morgan fingerprint density at radius 3 is 2.47 bits per heavy atom. The largest absolute Gasteiger partial charge is 0.368 e. The molecule has 2 amide bonds. The number of carbonyl (C=O) groups excluding carboxylic acids is 2. The lowest BCUT2D eigenvalue weighted by atomic mass is 10.0. The number of nitrogens with two attached hydrogens (primary N) is 1. The molecule has 100 valence electrons. The summed E-state index contributed by atoms with van der Waals surface area (Å²) in [6.45, 7) is 1.62. The molecule has 0 aromatic heterocycles. The van der Waals surface area contributed by atoms with Crippen LogP contribution in [0.25, 0.3) is 0 Å². The van der Waals surface area contributed by atoms with Crippen molar-refractivity contribution in [2.45, 2.75) is 19.4 Å². The van der Waals surface area contributed by atoms with Crippen molar-refractivity contribution in [3.8, 4) is 6.07 Å². The number of amides is 2. The van der Waals surface area contributed by atoms with Gasteiger partial charge in [0.2, 0.25) is 5.91 Å². The van der Waals surface area contributed by atoms with E-state index in [0.717, 1.165) is 12.1 Å². The van der Waals surface area contributed by atoms with E-state index in [1.165, 1.54) is 12.1 Å². The molecular formula is C13H14FN3O2. The van der Waals surface area contributed by atoms with Crippen molar-refractivity contribution >= 4 is 11.8 Å². The topological polar surface area (TPSA) is 96.0 Å². The Balaban J connectivity index is 2.74. The van der Waals surface area contributed by atoms with Gasteiger partial charge in [-0.15, -0.1) is 0 Å². The van der Waals surface area contributed by atoms with Gasteiger partial charge in [0, 0.05) is 11.5 Å². The summed E-state index contributed by atoms with van der Waals surface area (Å²) in [5.74, 6) is -2.11. The third kappa shape index (κ3) is 4.39. The van der Waals surface area contributed by atoms with Crippen LogP contribution in [-0.2, 0) is 4.79 Å². The first-order valence-corrected chi connectivity index (χ1v) is 5.69. The van der Waals surface area contributed by atoms with E-state index < -0.39 is 29.6 Å². The molecule has 0 saturated carbocycles. The third-order valence-electron chi connectivity index (χ3n) is 2.56. The first-order chi connectivity index (χ1) is 8.93. The lowest BCUT2D eigenvalue weighted by Gasteiger charge is -2.16. The summed E-state index contributed by atoms with van der Waals surface area (Å²) in [6.07, 6.45) is 0.138. The number of halogens is 1. The maximum absolute atomic E-state index is 12.7. The second-order valence-corrected chi connectivity index (χ2v) is 4.20. The number of benzene rings is 1. The van der Waals surface area contributed by atoms with E-state index in [1.54, 1.807) is 6.92 Å². The zero-order valence-electron chi connectivity index (χ0n) is 10.4. The minimum absolute atomic E-state index is 0.138. The molecule has 5 nitrogen and oxygen atoms in total. The Bertz CT molecular complexity index is 508. The van der Waals surface area contributed by atoms with Crippen molar-refractivity contribution in [2.24, 2.45) is 11.7 Å². The van der Waals surface area contributed by atoms with Crippen molar-refractivity contribution in [1.29, 1.82) is 5.26 Å². The molecule has 0 radical (unpaired) electrons. The summed E-state index contributed by atoms with van der Waals surface area (Å²) < 4.78 is 12.7. The summed E-state index contributed by atoms with van der Waals surface area (Å²) in [7, 11) is 0. The van der Waals surface area contributed by atoms with Gasteiger partial charge in [0.1, 0.15) is 11.9 Å². The van der Waals surface area contributed by atoms with Crippen molar-refractivity contribution < 1.29 is 14.0 Å². The summed E-state index contributed by atoms with van der Waals surface area (Å²) in [6, 6.07) is 5.93. The number of nitrogens with one attached hydrogen (secondary N) is 1. The molecule has 3 N–H and O–H groups in total. The van der Waals surface area contributed by atoms with Gasteiger partial charge in [0.05, 0.1) is 6.07 Å². The fourth-order valence-corrected chi connectivity index (χ4v) is 1.50. The SMILES string of the molecule is C[C@@H](C#N)C[C@@H](NC(=O)c1ccc(F)cc1)C(N)=O. The van der Waals surface area contributed by atoms with Gasteiger partial charge in [-0.2, -0.15) is 5.26 Å². The number of primary amides is 1. The zero-order valence-corrected chi connectivity index (χ0v) is 10.4. The number of hydrogen-bond acceptors (Lipinski definition) is 3. The van der Waals surface area contributed by atoms with Crippen LogP contribution in [-0.4, -0.2) is 17.9 Å². The molecule has 0 saturated heterocycles. The van der Waals surface area contributed by atoms with Crippen molar-refractivity contribution in [1.82, 2.24) is 5.32 Å². The molecule has 0 heterocycles. The highest BCUT2D eigenvalue weighted by atomic mass is 19.1. The quantitative estimate of drug-likeness (QED) is 0.828. The van der Waals surface area contributed by atoms with Gasteiger partial charge in [0.15, 0.2) is 0 Å². The van der Waals surface area contributed by atoms with Crippen LogP contribution in [0, 0.1) is 23.1 Å². The van der Waals surface area contributed by atoms with E-state index in [9.17, 15) is 14.0 Å². The van der Waals surface area contributed by atoms with Gasteiger partial charge in [-0.1, -0.05) is 0 Å². The second-order valence-electron chi connectivity index (χ2n) is 4.20. The van der Waals surface area contributed by atoms with Crippen LogP contribution in [0.2, 0.25) is 0 Å². The molecule has 2 atom stereocenters. The molecule has 0 unspecified atom stereocenters.